The first-order chi connectivity index (χ1) is 18.8. The summed E-state index contributed by atoms with van der Waals surface area (Å²) >= 11 is 0. The van der Waals surface area contributed by atoms with Crippen LogP contribution < -0.4 is 9.47 Å². The van der Waals surface area contributed by atoms with Crippen molar-refractivity contribution in [3.05, 3.63) is 48.2 Å². The predicted octanol–water partition coefficient (Wildman–Crippen LogP) is 9.68. The van der Waals surface area contributed by atoms with Crippen LogP contribution in [0.5, 0.6) is 17.4 Å². The lowest BCUT2D eigenvalue weighted by Gasteiger charge is -2.14. The summed E-state index contributed by atoms with van der Waals surface area (Å²) in [4.78, 5) is 15.9. The Morgan fingerprint density at radius 3 is 1.77 bits per heavy atom. The fourth-order valence-corrected chi connectivity index (χ4v) is 4.15. The molecule has 0 saturated heterocycles. The molecule has 1 aromatic carbocycles. The molecule has 0 aliphatic carbocycles. The molecule has 0 aliphatic rings. The van der Waals surface area contributed by atoms with E-state index in [9.17, 15) is 18.0 Å². The summed E-state index contributed by atoms with van der Waals surface area (Å²) in [6, 6.07) is 8.45. The summed E-state index contributed by atoms with van der Waals surface area (Å²) in [6.45, 7) is 4.27. The molecule has 218 valence electrons. The van der Waals surface area contributed by atoms with Gasteiger partial charge in [0.1, 0.15) is 11.5 Å². The fraction of sp³-hybridized carbons (Fsp3) is 0.613. The lowest BCUT2D eigenvalue weighted by atomic mass is 10.0. The number of unbranched alkanes of at least 4 members (excludes halogenated alkanes) is 13. The molecular formula is C31H44F3NO4. The van der Waals surface area contributed by atoms with Gasteiger partial charge in [-0.1, -0.05) is 90.4 Å². The van der Waals surface area contributed by atoms with Gasteiger partial charge < -0.3 is 14.2 Å². The zero-order valence-electron chi connectivity index (χ0n) is 23.4. The Balaban J connectivity index is 1.51. The number of halogens is 3. The second kappa shape index (κ2) is 18.5. The molecule has 2 aromatic rings. The van der Waals surface area contributed by atoms with Gasteiger partial charge in [-0.2, -0.15) is 13.2 Å². The van der Waals surface area contributed by atoms with Crippen LogP contribution in [0.1, 0.15) is 109 Å². The van der Waals surface area contributed by atoms with Gasteiger partial charge in [-0.15, -0.1) is 0 Å². The number of hydrogen-bond acceptors (Lipinski definition) is 5. The average Bonchev–Trinajstić information content (AvgIpc) is 2.91. The maximum Gasteiger partial charge on any atom is 0.417 e. The van der Waals surface area contributed by atoms with Gasteiger partial charge in [0.05, 0.1) is 12.2 Å². The number of esters is 1. The number of alkyl halides is 3. The van der Waals surface area contributed by atoms with Gasteiger partial charge in [0.15, 0.2) is 6.10 Å². The fourth-order valence-electron chi connectivity index (χ4n) is 4.15. The second-order valence-corrected chi connectivity index (χ2v) is 9.98. The van der Waals surface area contributed by atoms with Crippen molar-refractivity contribution in [1.29, 1.82) is 0 Å². The number of benzene rings is 1. The molecule has 1 aromatic heterocycles. The number of aromatic nitrogens is 1. The summed E-state index contributed by atoms with van der Waals surface area (Å²) in [6.07, 6.45) is 13.3. The van der Waals surface area contributed by atoms with Gasteiger partial charge in [0.2, 0.25) is 5.88 Å². The summed E-state index contributed by atoms with van der Waals surface area (Å²) < 4.78 is 54.4. The Morgan fingerprint density at radius 1 is 0.769 bits per heavy atom. The van der Waals surface area contributed by atoms with Crippen LogP contribution >= 0.6 is 0 Å². The highest BCUT2D eigenvalue weighted by Gasteiger charge is 2.30. The zero-order valence-corrected chi connectivity index (χ0v) is 23.4. The summed E-state index contributed by atoms with van der Waals surface area (Å²) in [5.41, 5.74) is -0.844. The van der Waals surface area contributed by atoms with Gasteiger partial charge in [-0.3, -0.25) is 0 Å². The van der Waals surface area contributed by atoms with Gasteiger partial charge in [-0.05, 0) is 43.7 Å². The maximum atomic E-state index is 12.6. The minimum Gasteiger partial charge on any atom is -0.479 e. The van der Waals surface area contributed by atoms with Gasteiger partial charge in [-0.25, -0.2) is 9.78 Å². The molecule has 0 aliphatic heterocycles. The lowest BCUT2D eigenvalue weighted by molar-refractivity contribution is -0.151. The van der Waals surface area contributed by atoms with Crippen LogP contribution in [-0.2, 0) is 15.7 Å². The van der Waals surface area contributed by atoms with Crippen molar-refractivity contribution in [2.75, 3.05) is 6.61 Å². The van der Waals surface area contributed by atoms with E-state index in [4.69, 9.17) is 14.2 Å². The molecular weight excluding hydrogens is 507 g/mol. The first-order valence-electron chi connectivity index (χ1n) is 14.4. The number of carbonyl (C=O) groups excluding carboxylic acids is 1. The predicted molar refractivity (Wildman–Crippen MR) is 147 cm³/mol. The van der Waals surface area contributed by atoms with Crippen molar-refractivity contribution < 1.29 is 32.2 Å². The standard InChI is InChI=1S/C31H44F3NO4/c1-3-4-5-6-7-8-9-10-11-12-13-14-15-16-23-37-30(36)25(2)38-27-18-20-28(21-19-27)39-29-22-17-26(24-35-29)31(32,33)34/h17-22,24-25H,3-16,23H2,1-2H3. The van der Waals surface area contributed by atoms with Crippen molar-refractivity contribution in [3.63, 3.8) is 0 Å². The van der Waals surface area contributed by atoms with Crippen LogP contribution in [0.2, 0.25) is 0 Å². The smallest absolute Gasteiger partial charge is 0.417 e. The molecule has 5 nitrogen and oxygen atoms in total. The third-order valence-electron chi connectivity index (χ3n) is 6.50. The van der Waals surface area contributed by atoms with E-state index in [1.54, 1.807) is 31.2 Å². The number of hydrogen-bond donors (Lipinski definition) is 0. The van der Waals surface area contributed by atoms with Crippen molar-refractivity contribution >= 4 is 5.97 Å². The lowest BCUT2D eigenvalue weighted by Crippen LogP contribution is -2.26. The molecule has 0 bridgehead atoms. The number of nitrogens with zero attached hydrogens (tertiary/aromatic N) is 1. The summed E-state index contributed by atoms with van der Waals surface area (Å²) in [7, 11) is 0. The van der Waals surface area contributed by atoms with Crippen molar-refractivity contribution in [3.8, 4) is 17.4 Å². The summed E-state index contributed by atoms with van der Waals surface area (Å²) in [5, 5.41) is 0. The molecule has 2 rings (SSSR count). The van der Waals surface area contributed by atoms with E-state index in [-0.39, 0.29) is 5.88 Å². The average molecular weight is 552 g/mol. The molecule has 8 heteroatoms. The Hall–Kier alpha value is -2.77. The van der Waals surface area contributed by atoms with Crippen LogP contribution in [0.3, 0.4) is 0 Å². The minimum absolute atomic E-state index is 0.0390. The SMILES string of the molecule is CCCCCCCCCCCCCCCCOC(=O)C(C)Oc1ccc(Oc2ccc(C(F)(F)F)cn2)cc1. The zero-order chi connectivity index (χ0) is 28.3. The second-order valence-electron chi connectivity index (χ2n) is 9.98. The van der Waals surface area contributed by atoms with E-state index in [1.807, 2.05) is 0 Å². The molecule has 0 saturated carbocycles. The third-order valence-corrected chi connectivity index (χ3v) is 6.50. The Kier molecular flexibility index (Phi) is 15.4. The van der Waals surface area contributed by atoms with E-state index >= 15 is 0 Å². The van der Waals surface area contributed by atoms with Crippen LogP contribution in [-0.4, -0.2) is 23.7 Å². The highest BCUT2D eigenvalue weighted by Crippen LogP contribution is 2.30. The van der Waals surface area contributed by atoms with Gasteiger partial charge in [0, 0.05) is 12.3 Å². The molecule has 0 fully saturated rings. The van der Waals surface area contributed by atoms with E-state index in [1.165, 1.54) is 70.6 Å². The maximum absolute atomic E-state index is 12.6. The largest absolute Gasteiger partial charge is 0.479 e. The van der Waals surface area contributed by atoms with E-state index in [0.717, 1.165) is 37.6 Å². The van der Waals surface area contributed by atoms with E-state index in [0.29, 0.717) is 18.1 Å². The number of rotatable bonds is 20. The number of carbonyl (C=O) groups is 1. The van der Waals surface area contributed by atoms with Crippen molar-refractivity contribution in [1.82, 2.24) is 4.98 Å². The Morgan fingerprint density at radius 2 is 1.28 bits per heavy atom. The molecule has 0 amide bonds. The van der Waals surface area contributed by atoms with E-state index in [2.05, 4.69) is 11.9 Å². The molecule has 0 N–H and O–H groups in total. The van der Waals surface area contributed by atoms with Gasteiger partial charge in [0.25, 0.3) is 0 Å². The van der Waals surface area contributed by atoms with Gasteiger partial charge >= 0.3 is 12.1 Å². The number of ether oxygens (including phenoxy) is 3. The quantitative estimate of drug-likeness (QED) is 0.121. The molecule has 0 radical (unpaired) electrons. The Bertz CT molecular complexity index is 917. The first-order valence-corrected chi connectivity index (χ1v) is 14.4. The molecule has 1 heterocycles. The monoisotopic (exact) mass is 551 g/mol. The highest BCUT2D eigenvalue weighted by atomic mass is 19.4. The van der Waals surface area contributed by atoms with E-state index < -0.39 is 23.8 Å². The molecule has 39 heavy (non-hydrogen) atoms. The van der Waals surface area contributed by atoms with Crippen LogP contribution in [0.25, 0.3) is 0 Å². The summed E-state index contributed by atoms with van der Waals surface area (Å²) in [5.74, 6) is 0.447. The number of pyridine rings is 1. The topological polar surface area (TPSA) is 57.7 Å². The van der Waals surface area contributed by atoms with Crippen LogP contribution in [0, 0.1) is 0 Å². The van der Waals surface area contributed by atoms with Crippen molar-refractivity contribution in [2.24, 2.45) is 0 Å². The molecule has 1 unspecified atom stereocenters. The Labute approximate surface area is 231 Å². The third kappa shape index (κ3) is 14.3. The highest BCUT2D eigenvalue weighted by molar-refractivity contribution is 5.74. The molecule has 0 spiro atoms. The van der Waals surface area contributed by atoms with Crippen LogP contribution in [0.4, 0.5) is 13.2 Å². The van der Waals surface area contributed by atoms with Crippen molar-refractivity contribution in [2.45, 2.75) is 116 Å². The minimum atomic E-state index is -4.45. The first kappa shape index (κ1) is 32.4. The normalized spacial score (nSPS) is 12.2. The van der Waals surface area contributed by atoms with Crippen LogP contribution in [0.15, 0.2) is 42.6 Å². The molecule has 1 atom stereocenters.